The SMILES string of the molecule is CN(C1CCCCC1O)S(=O)(=O)c1ccn[nH]1. The molecule has 1 fully saturated rings. The van der Waals surface area contributed by atoms with Gasteiger partial charge < -0.3 is 5.11 Å². The van der Waals surface area contributed by atoms with E-state index in [1.165, 1.54) is 23.6 Å². The number of aromatic nitrogens is 2. The van der Waals surface area contributed by atoms with E-state index in [0.717, 1.165) is 12.8 Å². The Bertz CT molecular complexity index is 457. The lowest BCUT2D eigenvalue weighted by molar-refractivity contribution is 0.0637. The molecule has 1 aliphatic carbocycles. The Kier molecular flexibility index (Phi) is 3.50. The molecule has 17 heavy (non-hydrogen) atoms. The van der Waals surface area contributed by atoms with Gasteiger partial charge in [0.2, 0.25) is 0 Å². The Labute approximate surface area is 101 Å². The maximum absolute atomic E-state index is 12.2. The number of rotatable bonds is 3. The summed E-state index contributed by atoms with van der Waals surface area (Å²) in [5.74, 6) is 0. The first kappa shape index (κ1) is 12.5. The zero-order valence-corrected chi connectivity index (χ0v) is 10.5. The second kappa shape index (κ2) is 4.75. The van der Waals surface area contributed by atoms with Crippen molar-refractivity contribution < 1.29 is 13.5 Å². The second-order valence-corrected chi connectivity index (χ2v) is 6.33. The summed E-state index contributed by atoms with van der Waals surface area (Å²) in [6.07, 6.45) is 4.09. The van der Waals surface area contributed by atoms with Crippen molar-refractivity contribution in [2.24, 2.45) is 0 Å². The minimum atomic E-state index is -3.57. The lowest BCUT2D eigenvalue weighted by Gasteiger charge is -2.33. The van der Waals surface area contributed by atoms with Crippen molar-refractivity contribution in [3.63, 3.8) is 0 Å². The summed E-state index contributed by atoms with van der Waals surface area (Å²) in [7, 11) is -2.06. The van der Waals surface area contributed by atoms with E-state index in [9.17, 15) is 13.5 Å². The maximum Gasteiger partial charge on any atom is 0.260 e. The van der Waals surface area contributed by atoms with Crippen LogP contribution in [0.4, 0.5) is 0 Å². The van der Waals surface area contributed by atoms with Gasteiger partial charge in [0.25, 0.3) is 10.0 Å². The summed E-state index contributed by atoms with van der Waals surface area (Å²) in [4.78, 5) is 0. The minimum Gasteiger partial charge on any atom is -0.391 e. The predicted molar refractivity (Wildman–Crippen MR) is 61.8 cm³/mol. The van der Waals surface area contributed by atoms with Gasteiger partial charge in [-0.25, -0.2) is 8.42 Å². The number of H-pyrrole nitrogens is 1. The van der Waals surface area contributed by atoms with E-state index in [0.29, 0.717) is 12.8 Å². The highest BCUT2D eigenvalue weighted by molar-refractivity contribution is 7.89. The molecule has 0 bridgehead atoms. The molecule has 96 valence electrons. The van der Waals surface area contributed by atoms with Crippen molar-refractivity contribution in [1.82, 2.24) is 14.5 Å². The molecule has 0 aromatic carbocycles. The topological polar surface area (TPSA) is 86.3 Å². The van der Waals surface area contributed by atoms with Crippen LogP contribution in [0.5, 0.6) is 0 Å². The van der Waals surface area contributed by atoms with E-state index in [1.54, 1.807) is 0 Å². The maximum atomic E-state index is 12.2. The average Bonchev–Trinajstić information content (AvgIpc) is 2.83. The molecule has 0 amide bonds. The number of aromatic amines is 1. The Morgan fingerprint density at radius 1 is 1.47 bits per heavy atom. The molecule has 1 saturated carbocycles. The summed E-state index contributed by atoms with van der Waals surface area (Å²) in [5.41, 5.74) is 0. The first-order chi connectivity index (χ1) is 8.03. The van der Waals surface area contributed by atoms with Crippen LogP contribution in [0, 0.1) is 0 Å². The summed E-state index contributed by atoms with van der Waals surface area (Å²) in [5, 5.41) is 16.0. The van der Waals surface area contributed by atoms with Crippen LogP contribution in [0.15, 0.2) is 17.3 Å². The standard InChI is InChI=1S/C10H17N3O3S/c1-13(8-4-2-3-5-9(8)14)17(15,16)10-6-7-11-12-10/h6-9,14H,2-5H2,1H3,(H,11,12). The number of hydrogen-bond donors (Lipinski definition) is 2. The normalized spacial score (nSPS) is 26.3. The van der Waals surface area contributed by atoms with Gasteiger partial charge in [0.05, 0.1) is 18.3 Å². The van der Waals surface area contributed by atoms with Crippen LogP contribution in [0.2, 0.25) is 0 Å². The molecule has 2 unspecified atom stereocenters. The molecular weight excluding hydrogens is 242 g/mol. The number of hydrogen-bond acceptors (Lipinski definition) is 4. The highest BCUT2D eigenvalue weighted by Crippen LogP contribution is 2.26. The number of sulfonamides is 1. The number of nitrogens with one attached hydrogen (secondary N) is 1. The summed E-state index contributed by atoms with van der Waals surface area (Å²) < 4.78 is 25.6. The minimum absolute atomic E-state index is 0.0674. The first-order valence-electron chi connectivity index (χ1n) is 5.69. The molecule has 1 aromatic heterocycles. The monoisotopic (exact) mass is 259 g/mol. The predicted octanol–water partition coefficient (Wildman–Crippen LogP) is 0.334. The van der Waals surface area contributed by atoms with Gasteiger partial charge in [-0.15, -0.1) is 0 Å². The largest absolute Gasteiger partial charge is 0.391 e. The van der Waals surface area contributed by atoms with Crippen LogP contribution in [0.25, 0.3) is 0 Å². The van der Waals surface area contributed by atoms with Crippen molar-refractivity contribution >= 4 is 10.0 Å². The fourth-order valence-corrected chi connectivity index (χ4v) is 3.55. The van der Waals surface area contributed by atoms with Gasteiger partial charge in [-0.05, 0) is 18.9 Å². The summed E-state index contributed by atoms with van der Waals surface area (Å²) in [6, 6.07) is 1.08. The van der Waals surface area contributed by atoms with Gasteiger partial charge in [0.1, 0.15) is 0 Å². The van der Waals surface area contributed by atoms with E-state index in [4.69, 9.17) is 0 Å². The van der Waals surface area contributed by atoms with Gasteiger partial charge >= 0.3 is 0 Å². The molecule has 7 heteroatoms. The fraction of sp³-hybridized carbons (Fsp3) is 0.700. The van der Waals surface area contributed by atoms with Crippen LogP contribution in [0.1, 0.15) is 25.7 Å². The molecule has 6 nitrogen and oxygen atoms in total. The third-order valence-corrected chi connectivity index (χ3v) is 5.11. The molecule has 1 aromatic rings. The van der Waals surface area contributed by atoms with Crippen LogP contribution in [0.3, 0.4) is 0 Å². The van der Waals surface area contributed by atoms with Crippen molar-refractivity contribution in [3.8, 4) is 0 Å². The molecule has 0 spiro atoms. The van der Waals surface area contributed by atoms with E-state index in [-0.39, 0.29) is 11.1 Å². The number of nitrogens with zero attached hydrogens (tertiary/aromatic N) is 2. The smallest absolute Gasteiger partial charge is 0.260 e. The van der Waals surface area contributed by atoms with Crippen LogP contribution < -0.4 is 0 Å². The lowest BCUT2D eigenvalue weighted by atomic mass is 9.93. The summed E-state index contributed by atoms with van der Waals surface area (Å²) in [6.45, 7) is 0. The van der Waals surface area contributed by atoms with Crippen LogP contribution >= 0.6 is 0 Å². The molecular formula is C10H17N3O3S. The van der Waals surface area contributed by atoms with Crippen molar-refractivity contribution in [2.45, 2.75) is 42.9 Å². The molecule has 0 aliphatic heterocycles. The molecule has 2 atom stereocenters. The van der Waals surface area contributed by atoms with Gasteiger partial charge in [0.15, 0.2) is 5.03 Å². The summed E-state index contributed by atoms with van der Waals surface area (Å²) >= 11 is 0. The van der Waals surface area contributed by atoms with Crippen LogP contribution in [-0.2, 0) is 10.0 Å². The van der Waals surface area contributed by atoms with E-state index in [1.807, 2.05) is 0 Å². The molecule has 0 saturated heterocycles. The third-order valence-electron chi connectivity index (χ3n) is 3.29. The second-order valence-electron chi connectivity index (χ2n) is 4.36. The van der Waals surface area contributed by atoms with E-state index < -0.39 is 16.1 Å². The number of aliphatic hydroxyl groups excluding tert-OH is 1. The third kappa shape index (κ3) is 2.36. The van der Waals surface area contributed by atoms with E-state index >= 15 is 0 Å². The molecule has 0 radical (unpaired) electrons. The molecule has 2 rings (SSSR count). The highest BCUT2D eigenvalue weighted by Gasteiger charge is 2.34. The molecule has 2 N–H and O–H groups in total. The fourth-order valence-electron chi connectivity index (χ4n) is 2.24. The number of likely N-dealkylation sites (N-methyl/N-ethyl adjacent to an activating group) is 1. The van der Waals surface area contributed by atoms with Gasteiger partial charge in [-0.1, -0.05) is 12.8 Å². The average molecular weight is 259 g/mol. The van der Waals surface area contributed by atoms with Crippen LogP contribution in [-0.4, -0.2) is 47.2 Å². The van der Waals surface area contributed by atoms with Crippen molar-refractivity contribution in [1.29, 1.82) is 0 Å². The molecule has 1 aliphatic rings. The van der Waals surface area contributed by atoms with E-state index in [2.05, 4.69) is 10.2 Å². The Morgan fingerprint density at radius 2 is 2.18 bits per heavy atom. The van der Waals surface area contributed by atoms with Gasteiger partial charge in [-0.2, -0.15) is 9.40 Å². The quantitative estimate of drug-likeness (QED) is 0.819. The zero-order valence-electron chi connectivity index (χ0n) is 9.70. The lowest BCUT2D eigenvalue weighted by Crippen LogP contribution is -2.46. The Balaban J connectivity index is 2.22. The Hall–Kier alpha value is -0.920. The van der Waals surface area contributed by atoms with Gasteiger partial charge in [0, 0.05) is 7.05 Å². The highest BCUT2D eigenvalue weighted by atomic mass is 32.2. The number of aliphatic hydroxyl groups is 1. The van der Waals surface area contributed by atoms with Crippen molar-refractivity contribution in [2.75, 3.05) is 7.05 Å². The van der Waals surface area contributed by atoms with Crippen molar-refractivity contribution in [3.05, 3.63) is 12.3 Å². The molecule has 1 heterocycles. The Morgan fingerprint density at radius 3 is 2.76 bits per heavy atom. The van der Waals surface area contributed by atoms with Gasteiger partial charge in [-0.3, -0.25) is 5.10 Å². The first-order valence-corrected chi connectivity index (χ1v) is 7.13. The zero-order chi connectivity index (χ0) is 12.5.